The van der Waals surface area contributed by atoms with Crippen molar-refractivity contribution in [2.45, 2.75) is 83.4 Å². The molecule has 3 heterocycles. The normalized spacial score (nSPS) is 15.4. The van der Waals surface area contributed by atoms with Crippen molar-refractivity contribution in [1.29, 1.82) is 0 Å². The van der Waals surface area contributed by atoms with Crippen LogP contribution in [0.25, 0.3) is 10.2 Å². The van der Waals surface area contributed by atoms with Crippen LogP contribution in [0.2, 0.25) is 0 Å². The first kappa shape index (κ1) is 29.7. The second-order valence-electron chi connectivity index (χ2n) is 10.7. The summed E-state index contributed by atoms with van der Waals surface area (Å²) in [4.78, 5) is 30.8. The molecule has 0 saturated carbocycles. The van der Waals surface area contributed by atoms with E-state index < -0.39 is 16.9 Å². The van der Waals surface area contributed by atoms with E-state index in [1.807, 2.05) is 0 Å². The number of pyridine rings is 1. The van der Waals surface area contributed by atoms with Crippen molar-refractivity contribution in [3.05, 3.63) is 56.5 Å². The van der Waals surface area contributed by atoms with Crippen molar-refractivity contribution in [2.75, 3.05) is 23.7 Å². The number of benzene rings is 1. The van der Waals surface area contributed by atoms with E-state index in [2.05, 4.69) is 37.1 Å². The van der Waals surface area contributed by atoms with Gasteiger partial charge in [-0.3, -0.25) is 14.9 Å². The molecule has 1 aliphatic rings. The number of aliphatic hydroxyl groups excluding tert-OH is 1. The average molecular weight is 569 g/mol. The summed E-state index contributed by atoms with van der Waals surface area (Å²) in [6, 6.07) is 8.56. The van der Waals surface area contributed by atoms with Gasteiger partial charge in [-0.1, -0.05) is 27.2 Å². The van der Waals surface area contributed by atoms with Gasteiger partial charge in [-0.25, -0.2) is 4.98 Å². The van der Waals surface area contributed by atoms with E-state index in [9.17, 15) is 20.0 Å². The first-order valence-electron chi connectivity index (χ1n) is 14.1. The monoisotopic (exact) mass is 568 g/mol. The average Bonchev–Trinajstić information content (AvgIpc) is 3.30. The molecular weight excluding hydrogens is 528 g/mol. The van der Waals surface area contributed by atoms with Gasteiger partial charge in [-0.15, -0.1) is 11.3 Å². The van der Waals surface area contributed by atoms with Crippen molar-refractivity contribution >= 4 is 44.7 Å². The number of aliphatic hydroxyl groups is 1. The molecule has 1 aliphatic heterocycles. The Morgan fingerprint density at radius 3 is 2.45 bits per heavy atom. The van der Waals surface area contributed by atoms with E-state index in [4.69, 9.17) is 16.5 Å². The number of piperidine rings is 1. The van der Waals surface area contributed by atoms with Gasteiger partial charge < -0.3 is 26.8 Å². The third-order valence-electron chi connectivity index (χ3n) is 8.27. The summed E-state index contributed by atoms with van der Waals surface area (Å²) in [6.07, 6.45) is 5.17. The molecule has 11 heteroatoms. The fourth-order valence-electron chi connectivity index (χ4n) is 5.79. The number of fused-ring (bicyclic) bond motifs is 1. The van der Waals surface area contributed by atoms with Crippen LogP contribution in [0, 0.1) is 10.1 Å². The zero-order valence-corrected chi connectivity index (χ0v) is 24.3. The summed E-state index contributed by atoms with van der Waals surface area (Å²) in [5.74, 6) is 0.378. The van der Waals surface area contributed by atoms with Gasteiger partial charge >= 0.3 is 0 Å². The minimum atomic E-state index is -0.718. The van der Waals surface area contributed by atoms with Gasteiger partial charge in [0.2, 0.25) is 0 Å². The first-order chi connectivity index (χ1) is 19.1. The van der Waals surface area contributed by atoms with Gasteiger partial charge in [0.05, 0.1) is 16.7 Å². The summed E-state index contributed by atoms with van der Waals surface area (Å²) in [5, 5.41) is 26.7. The highest BCUT2D eigenvalue weighted by molar-refractivity contribution is 7.21. The van der Waals surface area contributed by atoms with E-state index in [1.54, 1.807) is 12.1 Å². The lowest BCUT2D eigenvalue weighted by Gasteiger charge is -2.42. The van der Waals surface area contributed by atoms with Gasteiger partial charge in [-0.05, 0) is 67.9 Å². The summed E-state index contributed by atoms with van der Waals surface area (Å²) in [6.45, 7) is 8.05. The fourth-order valence-corrected chi connectivity index (χ4v) is 6.78. The standard InChI is InChI=1S/C29H40N6O4S/c1-4-7-19-16-23(32-28-24(19)25(30)26(40-28)27(31)37)34-14-12-20(13-15-34)33-29(5-2,6-3)17-22(36)18-8-10-21(11-9-18)35(38)39/h8-11,16,20,22,33,36H,4-7,12-15,17,30H2,1-3H3,(H2,31,37). The number of carbonyl (C=O) groups is 1. The molecule has 1 fully saturated rings. The number of thiophene rings is 1. The molecule has 10 nitrogen and oxygen atoms in total. The molecule has 1 aromatic carbocycles. The van der Waals surface area contributed by atoms with Crippen LogP contribution in [0.15, 0.2) is 30.3 Å². The third kappa shape index (κ3) is 6.21. The number of primary amides is 1. The topological polar surface area (TPSA) is 161 Å². The summed E-state index contributed by atoms with van der Waals surface area (Å²) in [5.41, 5.74) is 13.8. The lowest BCUT2D eigenvalue weighted by atomic mass is 9.83. The molecule has 1 amide bonds. The molecule has 6 N–H and O–H groups in total. The molecule has 1 saturated heterocycles. The number of nitro benzene ring substituents is 1. The second-order valence-corrected chi connectivity index (χ2v) is 11.7. The number of rotatable bonds is 12. The van der Waals surface area contributed by atoms with Crippen molar-refractivity contribution in [3.63, 3.8) is 0 Å². The van der Waals surface area contributed by atoms with E-state index in [-0.39, 0.29) is 17.3 Å². The Balaban J connectivity index is 1.45. The van der Waals surface area contributed by atoms with E-state index in [0.29, 0.717) is 22.5 Å². The summed E-state index contributed by atoms with van der Waals surface area (Å²) < 4.78 is 0. The number of amides is 1. The van der Waals surface area contributed by atoms with Gasteiger partial charge in [-0.2, -0.15) is 0 Å². The zero-order valence-electron chi connectivity index (χ0n) is 23.5. The molecule has 0 bridgehead atoms. The number of carbonyl (C=O) groups excluding carboxylic acids is 1. The van der Waals surface area contributed by atoms with E-state index in [0.717, 1.165) is 73.2 Å². The van der Waals surface area contributed by atoms with Crippen molar-refractivity contribution in [3.8, 4) is 0 Å². The van der Waals surface area contributed by atoms with Crippen LogP contribution < -0.4 is 21.7 Å². The molecule has 1 unspecified atom stereocenters. The van der Waals surface area contributed by atoms with Crippen LogP contribution in [0.3, 0.4) is 0 Å². The highest BCUT2D eigenvalue weighted by atomic mass is 32.1. The molecule has 4 rings (SSSR count). The lowest BCUT2D eigenvalue weighted by Crippen LogP contribution is -2.54. The number of non-ortho nitro benzene ring substituents is 1. The quantitative estimate of drug-likeness (QED) is 0.174. The van der Waals surface area contributed by atoms with Crippen molar-refractivity contribution in [1.82, 2.24) is 10.3 Å². The number of nitrogens with two attached hydrogens (primary N) is 2. The predicted octanol–water partition coefficient (Wildman–Crippen LogP) is 5.08. The van der Waals surface area contributed by atoms with Crippen LogP contribution >= 0.6 is 11.3 Å². The van der Waals surface area contributed by atoms with Gasteiger partial charge in [0.15, 0.2) is 0 Å². The van der Waals surface area contributed by atoms with Gasteiger partial charge in [0, 0.05) is 42.2 Å². The van der Waals surface area contributed by atoms with Crippen LogP contribution in [0.1, 0.15) is 86.2 Å². The number of nitro groups is 1. The molecule has 40 heavy (non-hydrogen) atoms. The largest absolute Gasteiger partial charge is 0.397 e. The Labute approximate surface area is 238 Å². The fraction of sp³-hybridized carbons (Fsp3) is 0.517. The molecule has 1 atom stereocenters. The molecule has 3 aromatic rings. The first-order valence-corrected chi connectivity index (χ1v) is 14.9. The van der Waals surface area contributed by atoms with Crippen molar-refractivity contribution in [2.24, 2.45) is 5.73 Å². The Morgan fingerprint density at radius 1 is 1.25 bits per heavy atom. The number of nitrogens with one attached hydrogen (secondary N) is 1. The SMILES string of the molecule is CCCc1cc(N2CCC(NC(CC)(CC)CC(O)c3ccc([N+](=O)[O-])cc3)CC2)nc2sc(C(N)=O)c(N)c12. The molecule has 0 aliphatic carbocycles. The Bertz CT molecular complexity index is 1350. The third-order valence-corrected chi connectivity index (χ3v) is 9.38. The number of aromatic nitrogens is 1. The number of hydrogen-bond donors (Lipinski definition) is 4. The van der Waals surface area contributed by atoms with Crippen LogP contribution in [0.5, 0.6) is 0 Å². The number of nitrogen functional groups attached to an aromatic ring is 1. The minimum absolute atomic E-state index is 0.0180. The number of hydrogen-bond acceptors (Lipinski definition) is 9. The van der Waals surface area contributed by atoms with E-state index in [1.165, 1.54) is 23.5 Å². The number of aryl methyl sites for hydroxylation is 1. The van der Waals surface area contributed by atoms with Crippen molar-refractivity contribution < 1.29 is 14.8 Å². The zero-order chi connectivity index (χ0) is 29.0. The highest BCUT2D eigenvalue weighted by Gasteiger charge is 2.33. The Hall–Kier alpha value is -3.28. The van der Waals surface area contributed by atoms with E-state index >= 15 is 0 Å². The molecule has 0 radical (unpaired) electrons. The van der Waals surface area contributed by atoms with Gasteiger partial charge in [0.25, 0.3) is 11.6 Å². The minimum Gasteiger partial charge on any atom is -0.397 e. The van der Waals surface area contributed by atoms with Crippen LogP contribution in [-0.4, -0.2) is 45.6 Å². The smallest absolute Gasteiger partial charge is 0.269 e. The number of anilines is 2. The number of nitrogens with zero attached hydrogens (tertiary/aromatic N) is 3. The predicted molar refractivity (Wildman–Crippen MR) is 161 cm³/mol. The molecule has 216 valence electrons. The Morgan fingerprint density at radius 2 is 1.90 bits per heavy atom. The van der Waals surface area contributed by atoms with Crippen LogP contribution in [-0.2, 0) is 6.42 Å². The lowest BCUT2D eigenvalue weighted by molar-refractivity contribution is -0.384. The molecular formula is C29H40N6O4S. The molecule has 0 spiro atoms. The summed E-state index contributed by atoms with van der Waals surface area (Å²) in [7, 11) is 0. The molecule has 2 aromatic heterocycles. The van der Waals surface area contributed by atoms with Crippen LogP contribution in [0.4, 0.5) is 17.2 Å². The summed E-state index contributed by atoms with van der Waals surface area (Å²) >= 11 is 1.26. The van der Waals surface area contributed by atoms with Gasteiger partial charge in [0.1, 0.15) is 15.5 Å². The highest BCUT2D eigenvalue weighted by Crippen LogP contribution is 2.38. The Kier molecular flexibility index (Phi) is 9.27. The second kappa shape index (κ2) is 12.5. The maximum Gasteiger partial charge on any atom is 0.269 e. The maximum atomic E-state index is 11.9. The maximum absolute atomic E-state index is 11.9.